The number of aromatic hydroxyl groups is 1. The largest absolute Gasteiger partial charge is 0.504 e. The van der Waals surface area contributed by atoms with Crippen molar-refractivity contribution < 1.29 is 19.4 Å². The van der Waals surface area contributed by atoms with E-state index in [4.69, 9.17) is 4.74 Å². The van der Waals surface area contributed by atoms with Crippen molar-refractivity contribution in [2.45, 2.75) is 0 Å². The molecule has 2 rings (SSSR count). The number of carbonyl (C=O) groups is 2. The van der Waals surface area contributed by atoms with Crippen LogP contribution in [0.4, 0.5) is 0 Å². The van der Waals surface area contributed by atoms with E-state index in [2.05, 4.69) is 0 Å². The highest BCUT2D eigenvalue weighted by molar-refractivity contribution is 6.49. The number of benzene rings is 2. The Hall–Kier alpha value is -2.62. The van der Waals surface area contributed by atoms with Crippen LogP contribution in [0.2, 0.25) is 0 Å². The average Bonchev–Trinajstić information content (AvgIpc) is 2.47. The van der Waals surface area contributed by atoms with Crippen LogP contribution in [0.1, 0.15) is 20.7 Å². The number of ketones is 2. The fourth-order valence-electron chi connectivity index (χ4n) is 1.71. The van der Waals surface area contributed by atoms with Crippen molar-refractivity contribution in [3.05, 3.63) is 59.7 Å². The zero-order valence-corrected chi connectivity index (χ0v) is 10.3. The van der Waals surface area contributed by atoms with Crippen molar-refractivity contribution in [2.24, 2.45) is 0 Å². The molecule has 0 aliphatic carbocycles. The first kappa shape index (κ1) is 12.8. The zero-order valence-electron chi connectivity index (χ0n) is 10.3. The first-order valence-corrected chi connectivity index (χ1v) is 5.65. The standard InChI is InChI=1S/C15H12O4/c1-19-12-9-5-8-11(14(12)17)15(18)13(16)10-6-3-2-4-7-10/h2-9,17H,1H3. The second-order valence-corrected chi connectivity index (χ2v) is 3.88. The molecule has 4 nitrogen and oxygen atoms in total. The number of Topliss-reactive ketones (excluding diaryl/α,β-unsaturated/α-hetero) is 2. The Kier molecular flexibility index (Phi) is 3.61. The van der Waals surface area contributed by atoms with E-state index in [1.54, 1.807) is 36.4 Å². The second-order valence-electron chi connectivity index (χ2n) is 3.88. The maximum absolute atomic E-state index is 12.1. The van der Waals surface area contributed by atoms with E-state index in [9.17, 15) is 14.7 Å². The lowest BCUT2D eigenvalue weighted by Gasteiger charge is -2.07. The van der Waals surface area contributed by atoms with Crippen LogP contribution in [0, 0.1) is 0 Å². The number of para-hydroxylation sites is 1. The minimum Gasteiger partial charge on any atom is -0.504 e. The van der Waals surface area contributed by atoms with E-state index in [1.165, 1.54) is 19.2 Å². The van der Waals surface area contributed by atoms with Crippen LogP contribution >= 0.6 is 0 Å². The van der Waals surface area contributed by atoms with Crippen molar-refractivity contribution in [3.63, 3.8) is 0 Å². The van der Waals surface area contributed by atoms with Crippen LogP contribution in [-0.4, -0.2) is 23.8 Å². The van der Waals surface area contributed by atoms with E-state index < -0.39 is 11.6 Å². The first-order chi connectivity index (χ1) is 9.15. The number of ether oxygens (including phenoxy) is 1. The molecule has 0 aliphatic rings. The van der Waals surface area contributed by atoms with Crippen molar-refractivity contribution in [3.8, 4) is 11.5 Å². The van der Waals surface area contributed by atoms with Crippen molar-refractivity contribution in [2.75, 3.05) is 7.11 Å². The Morgan fingerprint density at radius 3 is 2.26 bits per heavy atom. The van der Waals surface area contributed by atoms with Gasteiger partial charge in [-0.05, 0) is 12.1 Å². The van der Waals surface area contributed by atoms with Gasteiger partial charge >= 0.3 is 0 Å². The molecular formula is C15H12O4. The molecule has 0 fully saturated rings. The van der Waals surface area contributed by atoms with Crippen molar-refractivity contribution in [1.29, 1.82) is 0 Å². The van der Waals surface area contributed by atoms with E-state index in [-0.39, 0.29) is 22.6 Å². The number of phenols is 1. The molecule has 4 heteroatoms. The summed E-state index contributed by atoms with van der Waals surface area (Å²) < 4.78 is 4.91. The molecule has 0 unspecified atom stereocenters. The minimum atomic E-state index is -0.761. The molecule has 0 amide bonds. The minimum absolute atomic E-state index is 0.0618. The average molecular weight is 256 g/mol. The van der Waals surface area contributed by atoms with Crippen LogP contribution < -0.4 is 4.74 Å². The molecule has 0 aromatic heterocycles. The normalized spacial score (nSPS) is 9.95. The Morgan fingerprint density at radius 1 is 0.947 bits per heavy atom. The Balaban J connectivity index is 2.38. The summed E-state index contributed by atoms with van der Waals surface area (Å²) in [7, 11) is 1.38. The van der Waals surface area contributed by atoms with Gasteiger partial charge in [-0.2, -0.15) is 0 Å². The van der Waals surface area contributed by atoms with Gasteiger partial charge in [0.25, 0.3) is 0 Å². The molecule has 96 valence electrons. The van der Waals surface area contributed by atoms with Gasteiger partial charge in [0.1, 0.15) is 0 Å². The van der Waals surface area contributed by atoms with E-state index in [1.807, 2.05) is 0 Å². The highest BCUT2D eigenvalue weighted by atomic mass is 16.5. The van der Waals surface area contributed by atoms with Crippen LogP contribution in [0.3, 0.4) is 0 Å². The third-order valence-electron chi connectivity index (χ3n) is 2.71. The van der Waals surface area contributed by atoms with Gasteiger partial charge in [-0.3, -0.25) is 9.59 Å². The molecule has 0 atom stereocenters. The summed E-state index contributed by atoms with van der Waals surface area (Å²) in [6.07, 6.45) is 0. The molecule has 0 saturated carbocycles. The van der Waals surface area contributed by atoms with Gasteiger partial charge in [0.15, 0.2) is 11.5 Å². The highest BCUT2D eigenvalue weighted by Gasteiger charge is 2.22. The van der Waals surface area contributed by atoms with Gasteiger partial charge < -0.3 is 9.84 Å². The molecule has 0 heterocycles. The SMILES string of the molecule is COc1cccc(C(=O)C(=O)c2ccccc2)c1O. The molecule has 0 radical (unpaired) electrons. The lowest BCUT2D eigenvalue weighted by atomic mass is 10.0. The summed E-state index contributed by atoms with van der Waals surface area (Å²) in [5.74, 6) is -1.59. The summed E-state index contributed by atoms with van der Waals surface area (Å²) in [5, 5.41) is 9.86. The predicted molar refractivity (Wildman–Crippen MR) is 69.8 cm³/mol. The van der Waals surface area contributed by atoms with Crippen LogP contribution in [0.5, 0.6) is 11.5 Å². The van der Waals surface area contributed by atoms with E-state index >= 15 is 0 Å². The molecule has 0 spiro atoms. The van der Waals surface area contributed by atoms with Crippen LogP contribution in [-0.2, 0) is 0 Å². The zero-order chi connectivity index (χ0) is 13.8. The summed E-state index contributed by atoms with van der Waals surface area (Å²) in [4.78, 5) is 24.1. The van der Waals surface area contributed by atoms with Gasteiger partial charge in [-0.25, -0.2) is 0 Å². The Labute approximate surface area is 110 Å². The van der Waals surface area contributed by atoms with Gasteiger partial charge in [0.2, 0.25) is 11.6 Å². The van der Waals surface area contributed by atoms with Crippen molar-refractivity contribution in [1.82, 2.24) is 0 Å². The van der Waals surface area contributed by atoms with Crippen LogP contribution in [0.15, 0.2) is 48.5 Å². The highest BCUT2D eigenvalue weighted by Crippen LogP contribution is 2.30. The predicted octanol–water partition coefficient (Wildman–Crippen LogP) is 2.47. The molecule has 0 aliphatic heterocycles. The van der Waals surface area contributed by atoms with Crippen molar-refractivity contribution >= 4 is 11.6 Å². The number of carbonyl (C=O) groups excluding carboxylic acids is 2. The topological polar surface area (TPSA) is 63.6 Å². The fraction of sp³-hybridized carbons (Fsp3) is 0.0667. The number of phenolic OH excluding ortho intramolecular Hbond substituents is 1. The molecule has 2 aromatic rings. The molecule has 19 heavy (non-hydrogen) atoms. The van der Waals surface area contributed by atoms with E-state index in [0.29, 0.717) is 0 Å². The molecule has 0 bridgehead atoms. The second kappa shape index (κ2) is 5.35. The van der Waals surface area contributed by atoms with Gasteiger partial charge in [0.05, 0.1) is 12.7 Å². The first-order valence-electron chi connectivity index (χ1n) is 5.65. The quantitative estimate of drug-likeness (QED) is 0.674. The lowest BCUT2D eigenvalue weighted by molar-refractivity contribution is 0.0815. The molecular weight excluding hydrogens is 244 g/mol. The summed E-state index contributed by atoms with van der Waals surface area (Å²) in [6.45, 7) is 0. The van der Waals surface area contributed by atoms with Gasteiger partial charge in [0, 0.05) is 5.56 Å². The summed E-state index contributed by atoms with van der Waals surface area (Å²) >= 11 is 0. The smallest absolute Gasteiger partial charge is 0.237 e. The maximum Gasteiger partial charge on any atom is 0.237 e. The van der Waals surface area contributed by atoms with Gasteiger partial charge in [-0.15, -0.1) is 0 Å². The number of hydrogen-bond acceptors (Lipinski definition) is 4. The molecule has 0 saturated heterocycles. The summed E-state index contributed by atoms with van der Waals surface area (Å²) in [5.41, 5.74) is 0.225. The summed E-state index contributed by atoms with van der Waals surface area (Å²) in [6, 6.07) is 12.7. The Morgan fingerprint density at radius 2 is 1.63 bits per heavy atom. The lowest BCUT2D eigenvalue weighted by Crippen LogP contribution is -2.14. The van der Waals surface area contributed by atoms with Crippen LogP contribution in [0.25, 0.3) is 0 Å². The number of methoxy groups -OCH3 is 1. The third kappa shape index (κ3) is 2.47. The Bertz CT molecular complexity index is 617. The number of rotatable bonds is 4. The molecule has 2 aromatic carbocycles. The fourth-order valence-corrected chi connectivity index (χ4v) is 1.71. The third-order valence-corrected chi connectivity index (χ3v) is 2.71. The molecule has 1 N–H and O–H groups in total. The number of hydrogen-bond donors (Lipinski definition) is 1. The van der Waals surface area contributed by atoms with E-state index in [0.717, 1.165) is 0 Å². The monoisotopic (exact) mass is 256 g/mol. The maximum atomic E-state index is 12.1. The van der Waals surface area contributed by atoms with Gasteiger partial charge in [-0.1, -0.05) is 36.4 Å².